The van der Waals surface area contributed by atoms with Gasteiger partial charge in [0, 0.05) is 18.9 Å². The summed E-state index contributed by atoms with van der Waals surface area (Å²) in [5.41, 5.74) is 0. The van der Waals surface area contributed by atoms with E-state index in [1.165, 1.54) is 6.42 Å². The Morgan fingerprint density at radius 1 is 1.31 bits per heavy atom. The molecule has 0 aromatic rings. The molecule has 1 rings (SSSR count). The smallest absolute Gasteiger partial charge is 0.137 e. The summed E-state index contributed by atoms with van der Waals surface area (Å²) in [6, 6.07) is 0. The minimum Gasteiger partial charge on any atom is -0.309 e. The Hall–Kier alpha value is 0.210. The van der Waals surface area contributed by atoms with Crippen LogP contribution in [0.1, 0.15) is 25.7 Å². The molecule has 0 N–H and O–H groups in total. The van der Waals surface area contributed by atoms with Crippen molar-refractivity contribution in [1.82, 2.24) is 4.90 Å². The molecule has 0 saturated heterocycles. The number of carbonyl (C=O) groups is 1. The molecular weight excluding hydrogens is 209 g/mol. The summed E-state index contributed by atoms with van der Waals surface area (Å²) < 4.78 is 0. The average Bonchev–Trinajstić information content (AvgIpc) is 1.93. The van der Waals surface area contributed by atoms with Crippen LogP contribution in [0.2, 0.25) is 0 Å². The third-order valence-corrected chi connectivity index (χ3v) is 2.27. The Bertz CT molecular complexity index is 151. The minimum absolute atomic E-state index is 0. The Labute approximate surface area is 92.9 Å². The van der Waals surface area contributed by atoms with Crippen LogP contribution in [0.5, 0.6) is 0 Å². The molecule has 0 aliphatic heterocycles. The Balaban J connectivity index is 0. The maximum atomic E-state index is 11.3. The maximum Gasteiger partial charge on any atom is 0.137 e. The molecule has 13 heavy (non-hydrogen) atoms. The zero-order valence-electron chi connectivity index (χ0n) is 8.28. The zero-order chi connectivity index (χ0) is 8.27. The third-order valence-electron chi connectivity index (χ3n) is 2.27. The fourth-order valence-corrected chi connectivity index (χ4v) is 1.69. The van der Waals surface area contributed by atoms with E-state index in [-0.39, 0.29) is 24.8 Å². The zero-order valence-corrected chi connectivity index (χ0v) is 9.92. The highest BCUT2D eigenvalue weighted by Crippen LogP contribution is 2.20. The van der Waals surface area contributed by atoms with E-state index in [0.29, 0.717) is 11.7 Å². The number of hydrogen-bond acceptors (Lipinski definition) is 2. The van der Waals surface area contributed by atoms with Crippen molar-refractivity contribution in [3.63, 3.8) is 0 Å². The van der Waals surface area contributed by atoms with Gasteiger partial charge in [0.05, 0.1) is 0 Å². The van der Waals surface area contributed by atoms with Crippen LogP contribution in [0.25, 0.3) is 0 Å². The van der Waals surface area contributed by atoms with E-state index in [0.717, 1.165) is 25.8 Å². The van der Waals surface area contributed by atoms with Crippen molar-refractivity contribution in [2.45, 2.75) is 25.7 Å². The van der Waals surface area contributed by atoms with Gasteiger partial charge >= 0.3 is 0 Å². The molecular formula is C9H19Cl2NO. The summed E-state index contributed by atoms with van der Waals surface area (Å²) >= 11 is 0. The first kappa shape index (κ1) is 15.7. The number of carbonyl (C=O) groups excluding carboxylic acids is 1. The fourth-order valence-electron chi connectivity index (χ4n) is 1.69. The molecule has 0 aromatic heterocycles. The minimum atomic E-state index is 0. The Morgan fingerprint density at radius 2 is 1.92 bits per heavy atom. The summed E-state index contributed by atoms with van der Waals surface area (Å²) in [4.78, 5) is 13.4. The van der Waals surface area contributed by atoms with Gasteiger partial charge in [0.25, 0.3) is 0 Å². The van der Waals surface area contributed by atoms with E-state index in [2.05, 4.69) is 4.90 Å². The number of ketones is 1. The predicted molar refractivity (Wildman–Crippen MR) is 60.0 cm³/mol. The molecule has 0 spiro atoms. The van der Waals surface area contributed by atoms with Crippen LogP contribution in [0.4, 0.5) is 0 Å². The second kappa shape index (κ2) is 7.60. The number of rotatable bonds is 2. The van der Waals surface area contributed by atoms with Crippen LogP contribution in [0, 0.1) is 5.92 Å². The fraction of sp³-hybridized carbons (Fsp3) is 0.889. The topological polar surface area (TPSA) is 20.3 Å². The standard InChI is InChI=1S/C9H17NO.2ClH/c1-10(2)7-8-5-3-4-6-9(8)11;;/h8H,3-7H2,1-2H3;2*1H. The van der Waals surface area contributed by atoms with Crippen LogP contribution in [-0.4, -0.2) is 31.3 Å². The van der Waals surface area contributed by atoms with E-state index in [4.69, 9.17) is 0 Å². The lowest BCUT2D eigenvalue weighted by Gasteiger charge is -2.23. The Morgan fingerprint density at radius 3 is 2.38 bits per heavy atom. The van der Waals surface area contributed by atoms with Gasteiger partial charge in [0.15, 0.2) is 0 Å². The van der Waals surface area contributed by atoms with Crippen molar-refractivity contribution in [2.24, 2.45) is 5.92 Å². The molecule has 1 unspecified atom stereocenters. The molecule has 0 amide bonds. The highest BCUT2D eigenvalue weighted by Gasteiger charge is 2.21. The highest BCUT2D eigenvalue weighted by atomic mass is 35.5. The van der Waals surface area contributed by atoms with Gasteiger partial charge in [-0.2, -0.15) is 0 Å². The lowest BCUT2D eigenvalue weighted by molar-refractivity contribution is -0.125. The molecule has 1 atom stereocenters. The van der Waals surface area contributed by atoms with Crippen LogP contribution in [-0.2, 0) is 4.79 Å². The van der Waals surface area contributed by atoms with Crippen molar-refractivity contribution in [3.05, 3.63) is 0 Å². The van der Waals surface area contributed by atoms with Crippen molar-refractivity contribution in [3.8, 4) is 0 Å². The lowest BCUT2D eigenvalue weighted by atomic mass is 9.88. The summed E-state index contributed by atoms with van der Waals surface area (Å²) in [5, 5.41) is 0. The van der Waals surface area contributed by atoms with E-state index in [1.54, 1.807) is 0 Å². The number of halogens is 2. The van der Waals surface area contributed by atoms with E-state index >= 15 is 0 Å². The molecule has 0 heterocycles. The normalized spacial score (nSPS) is 22.1. The second-order valence-electron chi connectivity index (χ2n) is 3.67. The summed E-state index contributed by atoms with van der Waals surface area (Å²) in [7, 11) is 4.06. The van der Waals surface area contributed by atoms with Gasteiger partial charge < -0.3 is 4.90 Å². The van der Waals surface area contributed by atoms with Crippen LogP contribution >= 0.6 is 24.8 Å². The van der Waals surface area contributed by atoms with Crippen molar-refractivity contribution >= 4 is 30.6 Å². The van der Waals surface area contributed by atoms with Gasteiger partial charge in [0.1, 0.15) is 5.78 Å². The van der Waals surface area contributed by atoms with Gasteiger partial charge in [-0.25, -0.2) is 0 Å². The monoisotopic (exact) mass is 227 g/mol. The third kappa shape index (κ3) is 5.50. The van der Waals surface area contributed by atoms with Gasteiger partial charge in [-0.05, 0) is 26.9 Å². The first-order valence-electron chi connectivity index (χ1n) is 4.37. The molecule has 80 valence electrons. The lowest BCUT2D eigenvalue weighted by Crippen LogP contribution is -2.29. The number of nitrogens with zero attached hydrogens (tertiary/aromatic N) is 1. The van der Waals surface area contributed by atoms with Crippen LogP contribution in [0.15, 0.2) is 0 Å². The van der Waals surface area contributed by atoms with Crippen molar-refractivity contribution < 1.29 is 4.79 Å². The van der Waals surface area contributed by atoms with E-state index in [9.17, 15) is 4.79 Å². The first-order valence-corrected chi connectivity index (χ1v) is 4.37. The largest absolute Gasteiger partial charge is 0.309 e. The predicted octanol–water partition coefficient (Wildman–Crippen LogP) is 2.15. The number of Topliss-reactive ketones (excluding diaryl/α,β-unsaturated/α-hetero) is 1. The molecule has 0 radical (unpaired) electrons. The van der Waals surface area contributed by atoms with Crippen molar-refractivity contribution in [2.75, 3.05) is 20.6 Å². The molecule has 4 heteroatoms. The SMILES string of the molecule is CN(C)CC1CCCCC1=O.Cl.Cl. The average molecular weight is 228 g/mol. The molecule has 1 saturated carbocycles. The number of hydrogen-bond donors (Lipinski definition) is 0. The molecule has 1 aliphatic carbocycles. The molecule has 1 fully saturated rings. The second-order valence-corrected chi connectivity index (χ2v) is 3.67. The summed E-state index contributed by atoms with van der Waals surface area (Å²) in [6.45, 7) is 0.943. The van der Waals surface area contributed by atoms with Gasteiger partial charge in [-0.3, -0.25) is 4.79 Å². The highest BCUT2D eigenvalue weighted by molar-refractivity contribution is 5.85. The van der Waals surface area contributed by atoms with E-state index < -0.39 is 0 Å². The molecule has 0 bridgehead atoms. The molecule has 2 nitrogen and oxygen atoms in total. The van der Waals surface area contributed by atoms with Crippen LogP contribution in [0.3, 0.4) is 0 Å². The maximum absolute atomic E-state index is 11.3. The quantitative estimate of drug-likeness (QED) is 0.721. The van der Waals surface area contributed by atoms with Crippen molar-refractivity contribution in [1.29, 1.82) is 0 Å². The van der Waals surface area contributed by atoms with Crippen LogP contribution < -0.4 is 0 Å². The Kier molecular flexibility index (Phi) is 9.16. The van der Waals surface area contributed by atoms with Gasteiger partial charge in [0.2, 0.25) is 0 Å². The first-order chi connectivity index (χ1) is 5.20. The summed E-state index contributed by atoms with van der Waals surface area (Å²) in [5.74, 6) is 0.809. The molecule has 0 aromatic carbocycles. The summed E-state index contributed by atoms with van der Waals surface area (Å²) in [6.07, 6.45) is 4.28. The van der Waals surface area contributed by atoms with Gasteiger partial charge in [-0.15, -0.1) is 24.8 Å². The van der Waals surface area contributed by atoms with Gasteiger partial charge in [-0.1, -0.05) is 6.42 Å². The van der Waals surface area contributed by atoms with E-state index in [1.807, 2.05) is 14.1 Å². The molecule has 1 aliphatic rings.